The summed E-state index contributed by atoms with van der Waals surface area (Å²) in [6.07, 6.45) is 1.83. The predicted molar refractivity (Wildman–Crippen MR) is 101 cm³/mol. The lowest BCUT2D eigenvalue weighted by Gasteiger charge is -2.26. The van der Waals surface area contributed by atoms with Gasteiger partial charge in [0.05, 0.1) is 44.3 Å². The van der Waals surface area contributed by atoms with E-state index in [1.807, 2.05) is 37.4 Å². The zero-order chi connectivity index (χ0) is 18.6. The summed E-state index contributed by atoms with van der Waals surface area (Å²) in [5, 5.41) is 2.94. The van der Waals surface area contributed by atoms with Crippen LogP contribution < -0.4 is 15.0 Å². The number of urea groups is 1. The molecule has 8 nitrogen and oxygen atoms in total. The SMILES string of the molecule is CCOc1ccccc1NC(=O)N1Cc2cnc(N3CCOCC3)nc2C1. The molecule has 1 fully saturated rings. The first-order valence-electron chi connectivity index (χ1n) is 9.20. The molecular weight excluding hydrogens is 346 g/mol. The molecule has 0 radical (unpaired) electrons. The lowest BCUT2D eigenvalue weighted by Crippen LogP contribution is -2.37. The summed E-state index contributed by atoms with van der Waals surface area (Å²) < 4.78 is 11.0. The van der Waals surface area contributed by atoms with Crippen molar-refractivity contribution in [2.75, 3.05) is 43.1 Å². The maximum Gasteiger partial charge on any atom is 0.322 e. The number of carbonyl (C=O) groups excluding carboxylic acids is 1. The number of amides is 2. The molecule has 8 heteroatoms. The van der Waals surface area contributed by atoms with Gasteiger partial charge in [-0.05, 0) is 19.1 Å². The minimum Gasteiger partial charge on any atom is -0.492 e. The van der Waals surface area contributed by atoms with Crippen molar-refractivity contribution in [1.82, 2.24) is 14.9 Å². The Bertz CT molecular complexity index is 823. The van der Waals surface area contributed by atoms with Gasteiger partial charge in [-0.25, -0.2) is 14.8 Å². The average molecular weight is 369 g/mol. The number of hydrogen-bond donors (Lipinski definition) is 1. The average Bonchev–Trinajstić information content (AvgIpc) is 3.14. The lowest BCUT2D eigenvalue weighted by atomic mass is 10.3. The fourth-order valence-electron chi connectivity index (χ4n) is 3.25. The second-order valence-corrected chi connectivity index (χ2v) is 6.46. The summed E-state index contributed by atoms with van der Waals surface area (Å²) >= 11 is 0. The number of nitrogens with one attached hydrogen (secondary N) is 1. The van der Waals surface area contributed by atoms with Crippen LogP contribution in [0.5, 0.6) is 5.75 Å². The van der Waals surface area contributed by atoms with Gasteiger partial charge in [-0.2, -0.15) is 0 Å². The summed E-state index contributed by atoms with van der Waals surface area (Å²) in [7, 11) is 0. The molecule has 0 bridgehead atoms. The number of benzene rings is 1. The Morgan fingerprint density at radius 3 is 2.89 bits per heavy atom. The molecule has 4 rings (SSSR count). The number of para-hydroxylation sites is 2. The number of fused-ring (bicyclic) bond motifs is 1. The van der Waals surface area contributed by atoms with Gasteiger partial charge in [-0.15, -0.1) is 0 Å². The molecule has 1 aromatic carbocycles. The van der Waals surface area contributed by atoms with Crippen LogP contribution in [0.4, 0.5) is 16.4 Å². The topological polar surface area (TPSA) is 79.8 Å². The molecule has 2 aliphatic heterocycles. The van der Waals surface area contributed by atoms with Crippen LogP contribution in [0, 0.1) is 0 Å². The Morgan fingerprint density at radius 2 is 2.07 bits per heavy atom. The quantitative estimate of drug-likeness (QED) is 0.891. The highest BCUT2D eigenvalue weighted by Crippen LogP contribution is 2.27. The van der Waals surface area contributed by atoms with Crippen molar-refractivity contribution in [1.29, 1.82) is 0 Å². The van der Waals surface area contributed by atoms with E-state index in [0.717, 1.165) is 24.3 Å². The van der Waals surface area contributed by atoms with Crippen molar-refractivity contribution in [3.05, 3.63) is 41.7 Å². The van der Waals surface area contributed by atoms with Gasteiger partial charge >= 0.3 is 6.03 Å². The number of rotatable bonds is 4. The van der Waals surface area contributed by atoms with Gasteiger partial charge < -0.3 is 24.6 Å². The van der Waals surface area contributed by atoms with Crippen molar-refractivity contribution in [3.8, 4) is 5.75 Å². The molecule has 27 heavy (non-hydrogen) atoms. The molecule has 0 atom stereocenters. The van der Waals surface area contributed by atoms with Gasteiger partial charge in [-0.3, -0.25) is 0 Å². The predicted octanol–water partition coefficient (Wildman–Crippen LogP) is 2.26. The summed E-state index contributed by atoms with van der Waals surface area (Å²) in [5.41, 5.74) is 2.56. The smallest absolute Gasteiger partial charge is 0.322 e. The zero-order valence-corrected chi connectivity index (χ0v) is 15.4. The molecule has 142 valence electrons. The first-order valence-corrected chi connectivity index (χ1v) is 9.20. The largest absolute Gasteiger partial charge is 0.492 e. The fraction of sp³-hybridized carbons (Fsp3) is 0.421. The molecule has 0 saturated carbocycles. The molecular formula is C19H23N5O3. The molecule has 1 aromatic heterocycles. The van der Waals surface area contributed by atoms with Crippen molar-refractivity contribution in [2.24, 2.45) is 0 Å². The molecule has 0 aliphatic carbocycles. The van der Waals surface area contributed by atoms with Crippen LogP contribution in [0.15, 0.2) is 30.5 Å². The van der Waals surface area contributed by atoms with Crippen LogP contribution in [0.3, 0.4) is 0 Å². The Morgan fingerprint density at radius 1 is 1.26 bits per heavy atom. The molecule has 2 aromatic rings. The van der Waals surface area contributed by atoms with E-state index >= 15 is 0 Å². The van der Waals surface area contributed by atoms with Crippen molar-refractivity contribution >= 4 is 17.7 Å². The number of aromatic nitrogens is 2. The van der Waals surface area contributed by atoms with E-state index in [-0.39, 0.29) is 6.03 Å². The molecule has 0 unspecified atom stereocenters. The fourth-order valence-corrected chi connectivity index (χ4v) is 3.25. The maximum atomic E-state index is 12.7. The standard InChI is InChI=1S/C19H23N5O3/c1-2-27-17-6-4-3-5-15(17)22-19(25)24-12-14-11-20-18(21-16(14)13-24)23-7-9-26-10-8-23/h3-6,11H,2,7-10,12-13H2,1H3,(H,22,25). The van der Waals surface area contributed by atoms with Gasteiger partial charge in [0.2, 0.25) is 5.95 Å². The minimum absolute atomic E-state index is 0.173. The van der Waals surface area contributed by atoms with Crippen LogP contribution in [0.25, 0.3) is 0 Å². The molecule has 3 heterocycles. The monoisotopic (exact) mass is 369 g/mol. The van der Waals surface area contributed by atoms with Gasteiger partial charge in [0.1, 0.15) is 5.75 Å². The summed E-state index contributed by atoms with van der Waals surface area (Å²) in [4.78, 5) is 25.7. The van der Waals surface area contributed by atoms with E-state index < -0.39 is 0 Å². The molecule has 1 saturated heterocycles. The van der Waals surface area contributed by atoms with Gasteiger partial charge in [0.25, 0.3) is 0 Å². The minimum atomic E-state index is -0.173. The van der Waals surface area contributed by atoms with E-state index in [2.05, 4.69) is 20.2 Å². The third-order valence-electron chi connectivity index (χ3n) is 4.65. The number of hydrogen-bond acceptors (Lipinski definition) is 6. The van der Waals surface area contributed by atoms with Gasteiger partial charge in [0.15, 0.2) is 0 Å². The van der Waals surface area contributed by atoms with Crippen LogP contribution in [0.2, 0.25) is 0 Å². The number of carbonyl (C=O) groups is 1. The molecule has 2 aliphatic rings. The van der Waals surface area contributed by atoms with Crippen LogP contribution in [-0.4, -0.2) is 53.8 Å². The zero-order valence-electron chi connectivity index (χ0n) is 15.4. The highest BCUT2D eigenvalue weighted by Gasteiger charge is 2.27. The van der Waals surface area contributed by atoms with Crippen LogP contribution in [0.1, 0.15) is 18.2 Å². The normalized spacial score (nSPS) is 16.2. The Kier molecular flexibility index (Phi) is 5.06. The van der Waals surface area contributed by atoms with Gasteiger partial charge in [0, 0.05) is 24.8 Å². The van der Waals surface area contributed by atoms with Crippen molar-refractivity contribution < 1.29 is 14.3 Å². The molecule has 2 amide bonds. The molecule has 0 spiro atoms. The van der Waals surface area contributed by atoms with Crippen molar-refractivity contribution in [2.45, 2.75) is 20.0 Å². The second-order valence-electron chi connectivity index (χ2n) is 6.46. The Labute approximate surface area is 158 Å². The van der Waals surface area contributed by atoms with Crippen molar-refractivity contribution in [3.63, 3.8) is 0 Å². The van der Waals surface area contributed by atoms with Crippen LogP contribution >= 0.6 is 0 Å². The van der Waals surface area contributed by atoms with Crippen LogP contribution in [-0.2, 0) is 17.8 Å². The van der Waals surface area contributed by atoms with E-state index in [1.165, 1.54) is 0 Å². The Hall–Kier alpha value is -2.87. The summed E-state index contributed by atoms with van der Waals surface area (Å²) in [5.74, 6) is 1.38. The molecule has 1 N–H and O–H groups in total. The first kappa shape index (κ1) is 17.5. The number of ether oxygens (including phenoxy) is 2. The highest BCUT2D eigenvalue weighted by atomic mass is 16.5. The number of nitrogens with zero attached hydrogens (tertiary/aromatic N) is 4. The third kappa shape index (κ3) is 3.80. The van der Waals surface area contributed by atoms with E-state index in [0.29, 0.717) is 50.3 Å². The lowest BCUT2D eigenvalue weighted by molar-refractivity contribution is 0.122. The Balaban J connectivity index is 1.44. The maximum absolute atomic E-state index is 12.7. The van der Waals surface area contributed by atoms with Gasteiger partial charge in [-0.1, -0.05) is 12.1 Å². The summed E-state index contributed by atoms with van der Waals surface area (Å²) in [6.45, 7) is 6.39. The number of morpholine rings is 1. The van der Waals surface area contributed by atoms with E-state index in [4.69, 9.17) is 9.47 Å². The third-order valence-corrected chi connectivity index (χ3v) is 4.65. The van der Waals surface area contributed by atoms with E-state index in [1.54, 1.807) is 4.90 Å². The highest BCUT2D eigenvalue weighted by molar-refractivity contribution is 5.91. The second kappa shape index (κ2) is 7.79. The first-order chi connectivity index (χ1) is 13.2. The number of anilines is 2. The summed E-state index contributed by atoms with van der Waals surface area (Å²) in [6, 6.07) is 7.26. The van der Waals surface area contributed by atoms with E-state index in [9.17, 15) is 4.79 Å².